The number of hydrogen-bond donors (Lipinski definition) is 0. The van der Waals surface area contributed by atoms with Crippen LogP contribution in [-0.2, 0) is 0 Å². The molecule has 1 aromatic carbocycles. The smallest absolute Gasteiger partial charge is 0.410 e. The van der Waals surface area contributed by atoms with Crippen LogP contribution in [0.4, 0.5) is 10.6 Å². The first kappa shape index (κ1) is 12.9. The minimum absolute atomic E-state index is 0.129. The number of pyridine rings is 1. The molecule has 110 valence electrons. The third-order valence-corrected chi connectivity index (χ3v) is 3.95. The maximum absolute atomic E-state index is 12.4. The Labute approximate surface area is 128 Å². The second kappa shape index (κ2) is 5.18. The fourth-order valence-corrected chi connectivity index (χ4v) is 2.96. The molecule has 0 saturated carbocycles. The van der Waals surface area contributed by atoms with Gasteiger partial charge in [0.05, 0.1) is 12.6 Å². The van der Waals surface area contributed by atoms with Crippen LogP contribution in [-0.4, -0.2) is 34.7 Å². The topological polar surface area (TPSA) is 45.7 Å². The number of fused-ring (bicyclic) bond motifs is 2. The van der Waals surface area contributed by atoms with Gasteiger partial charge in [0.15, 0.2) is 0 Å². The second-order valence-corrected chi connectivity index (χ2v) is 5.29. The molecule has 0 aliphatic carbocycles. The molecule has 0 spiro atoms. The van der Waals surface area contributed by atoms with Gasteiger partial charge >= 0.3 is 6.09 Å². The number of carbonyl (C=O) groups is 1. The van der Waals surface area contributed by atoms with Gasteiger partial charge in [0, 0.05) is 6.20 Å². The van der Waals surface area contributed by atoms with E-state index in [1.807, 2.05) is 42.5 Å². The Morgan fingerprint density at radius 3 is 2.68 bits per heavy atom. The zero-order chi connectivity index (χ0) is 14.9. The monoisotopic (exact) mass is 293 g/mol. The van der Waals surface area contributed by atoms with Crippen molar-refractivity contribution in [1.82, 2.24) is 9.88 Å². The van der Waals surface area contributed by atoms with Gasteiger partial charge < -0.3 is 9.64 Å². The van der Waals surface area contributed by atoms with Gasteiger partial charge in [0.25, 0.3) is 0 Å². The zero-order valence-electron chi connectivity index (χ0n) is 11.9. The first-order chi connectivity index (χ1) is 10.8. The SMILES string of the molecule is O=C(Oc1ccccc1)N1C[C@H]2C=C[C@H]1N2c1ccccn1. The van der Waals surface area contributed by atoms with Crippen molar-refractivity contribution in [3.05, 3.63) is 66.9 Å². The maximum atomic E-state index is 12.4. The van der Waals surface area contributed by atoms with Crippen molar-refractivity contribution < 1.29 is 9.53 Å². The predicted octanol–water partition coefficient (Wildman–Crippen LogP) is 2.67. The summed E-state index contributed by atoms with van der Waals surface area (Å²) in [5.41, 5.74) is 0. The van der Waals surface area contributed by atoms with E-state index in [9.17, 15) is 4.79 Å². The van der Waals surface area contributed by atoms with Crippen molar-refractivity contribution in [3.8, 4) is 5.75 Å². The summed E-state index contributed by atoms with van der Waals surface area (Å²) in [4.78, 5) is 20.7. The Hall–Kier alpha value is -2.82. The number of benzene rings is 1. The van der Waals surface area contributed by atoms with Crippen LogP contribution in [0.2, 0.25) is 0 Å². The van der Waals surface area contributed by atoms with E-state index in [4.69, 9.17) is 4.74 Å². The lowest BCUT2D eigenvalue weighted by Gasteiger charge is -2.26. The standard InChI is InChI=1S/C17H15N3O2/c21-17(22-14-6-2-1-3-7-14)19-12-13-9-10-16(19)20(13)15-8-4-5-11-18-15/h1-11,13,16H,12H2/t13-,16-/m1/s1. The molecule has 3 heterocycles. The van der Waals surface area contributed by atoms with Gasteiger partial charge in [0.2, 0.25) is 0 Å². The summed E-state index contributed by atoms with van der Waals surface area (Å²) in [6.07, 6.45) is 5.44. The van der Waals surface area contributed by atoms with Crippen LogP contribution < -0.4 is 9.64 Å². The molecule has 0 N–H and O–H groups in total. The molecule has 2 aromatic rings. The molecule has 1 amide bonds. The Morgan fingerprint density at radius 1 is 1.09 bits per heavy atom. The number of rotatable bonds is 2. The summed E-state index contributed by atoms with van der Waals surface area (Å²) in [5.74, 6) is 1.43. The van der Waals surface area contributed by atoms with Gasteiger partial charge in [-0.25, -0.2) is 9.78 Å². The minimum atomic E-state index is -0.330. The van der Waals surface area contributed by atoms with Gasteiger partial charge in [-0.05, 0) is 30.3 Å². The number of hydrogen-bond acceptors (Lipinski definition) is 4. The Kier molecular flexibility index (Phi) is 3.04. The van der Waals surface area contributed by atoms with E-state index in [0.29, 0.717) is 12.3 Å². The molecule has 0 unspecified atom stereocenters. The fraction of sp³-hybridized carbons (Fsp3) is 0.176. The van der Waals surface area contributed by atoms with Gasteiger partial charge in [-0.15, -0.1) is 0 Å². The molecule has 1 aromatic heterocycles. The fourth-order valence-electron chi connectivity index (χ4n) is 2.96. The average Bonchev–Trinajstić information content (AvgIpc) is 3.14. The van der Waals surface area contributed by atoms with E-state index >= 15 is 0 Å². The number of anilines is 1. The lowest BCUT2D eigenvalue weighted by molar-refractivity contribution is 0.153. The van der Waals surface area contributed by atoms with Crippen LogP contribution in [0.15, 0.2) is 66.9 Å². The Balaban J connectivity index is 1.53. The number of aromatic nitrogens is 1. The van der Waals surface area contributed by atoms with E-state index < -0.39 is 0 Å². The van der Waals surface area contributed by atoms with E-state index in [-0.39, 0.29) is 18.3 Å². The molecule has 2 aliphatic heterocycles. The average molecular weight is 293 g/mol. The molecule has 22 heavy (non-hydrogen) atoms. The highest BCUT2D eigenvalue weighted by atomic mass is 16.6. The third-order valence-electron chi connectivity index (χ3n) is 3.95. The molecular weight excluding hydrogens is 278 g/mol. The van der Waals surface area contributed by atoms with Gasteiger partial charge in [0.1, 0.15) is 17.7 Å². The number of para-hydroxylation sites is 1. The molecule has 2 atom stereocenters. The van der Waals surface area contributed by atoms with E-state index in [1.54, 1.807) is 23.2 Å². The highest BCUT2D eigenvalue weighted by Gasteiger charge is 2.44. The molecule has 1 fully saturated rings. The molecule has 5 heteroatoms. The lowest BCUT2D eigenvalue weighted by atomic mass is 10.2. The number of nitrogens with zero attached hydrogens (tertiary/aromatic N) is 3. The maximum Gasteiger partial charge on any atom is 0.417 e. The molecule has 2 bridgehead atoms. The molecule has 2 aliphatic rings. The van der Waals surface area contributed by atoms with Crippen molar-refractivity contribution in [2.24, 2.45) is 0 Å². The molecular formula is C17H15N3O2. The number of ether oxygens (including phenoxy) is 1. The number of amides is 1. The highest BCUT2D eigenvalue weighted by molar-refractivity contribution is 5.74. The largest absolute Gasteiger partial charge is 0.417 e. The summed E-state index contributed by atoms with van der Waals surface area (Å²) in [5, 5.41) is 0. The first-order valence-electron chi connectivity index (χ1n) is 7.24. The summed E-state index contributed by atoms with van der Waals surface area (Å²) >= 11 is 0. The molecule has 1 saturated heterocycles. The normalized spacial score (nSPS) is 22.2. The van der Waals surface area contributed by atoms with Crippen molar-refractivity contribution in [1.29, 1.82) is 0 Å². The van der Waals surface area contributed by atoms with Crippen LogP contribution in [0.3, 0.4) is 0 Å². The predicted molar refractivity (Wildman–Crippen MR) is 82.6 cm³/mol. The number of carbonyl (C=O) groups excluding carboxylic acids is 1. The van der Waals surface area contributed by atoms with Crippen molar-refractivity contribution in [3.63, 3.8) is 0 Å². The lowest BCUT2D eigenvalue weighted by Crippen LogP contribution is -2.41. The molecule has 0 radical (unpaired) electrons. The van der Waals surface area contributed by atoms with Crippen LogP contribution in [0, 0.1) is 0 Å². The van der Waals surface area contributed by atoms with Crippen LogP contribution >= 0.6 is 0 Å². The molecule has 4 rings (SSSR count). The summed E-state index contributed by atoms with van der Waals surface area (Å²) in [7, 11) is 0. The summed E-state index contributed by atoms with van der Waals surface area (Å²) < 4.78 is 5.44. The minimum Gasteiger partial charge on any atom is -0.410 e. The second-order valence-electron chi connectivity index (χ2n) is 5.29. The van der Waals surface area contributed by atoms with Crippen molar-refractivity contribution in [2.75, 3.05) is 11.4 Å². The van der Waals surface area contributed by atoms with Gasteiger partial charge in [-0.1, -0.05) is 30.3 Å². The van der Waals surface area contributed by atoms with Crippen LogP contribution in [0.25, 0.3) is 0 Å². The summed E-state index contributed by atoms with van der Waals surface area (Å²) in [6.45, 7) is 0.614. The van der Waals surface area contributed by atoms with Crippen LogP contribution in [0.1, 0.15) is 0 Å². The first-order valence-corrected chi connectivity index (χ1v) is 7.24. The Bertz CT molecular complexity index is 702. The highest BCUT2D eigenvalue weighted by Crippen LogP contribution is 2.33. The van der Waals surface area contributed by atoms with Crippen molar-refractivity contribution >= 4 is 11.9 Å². The van der Waals surface area contributed by atoms with E-state index in [2.05, 4.69) is 16.0 Å². The quantitative estimate of drug-likeness (QED) is 0.799. The van der Waals surface area contributed by atoms with E-state index in [0.717, 1.165) is 5.82 Å². The van der Waals surface area contributed by atoms with Crippen LogP contribution in [0.5, 0.6) is 5.75 Å². The van der Waals surface area contributed by atoms with E-state index in [1.165, 1.54) is 0 Å². The van der Waals surface area contributed by atoms with Gasteiger partial charge in [-0.3, -0.25) is 4.90 Å². The Morgan fingerprint density at radius 2 is 1.91 bits per heavy atom. The van der Waals surface area contributed by atoms with Gasteiger partial charge in [-0.2, -0.15) is 0 Å². The van der Waals surface area contributed by atoms with Crippen molar-refractivity contribution in [2.45, 2.75) is 12.2 Å². The zero-order valence-corrected chi connectivity index (χ0v) is 11.9. The third kappa shape index (κ3) is 2.11. The molecule has 5 nitrogen and oxygen atoms in total. The summed E-state index contributed by atoms with van der Waals surface area (Å²) in [6, 6.07) is 15.1.